The molecule has 4 fully saturated rings. The van der Waals surface area contributed by atoms with E-state index in [2.05, 4.69) is 105 Å². The highest BCUT2D eigenvalue weighted by Gasteiger charge is 2.62. The van der Waals surface area contributed by atoms with E-state index in [-0.39, 0.29) is 40.7 Å². The van der Waals surface area contributed by atoms with Gasteiger partial charge in [0, 0.05) is 26.1 Å². The summed E-state index contributed by atoms with van der Waals surface area (Å²) in [5, 5.41) is 0.230. The zero-order chi connectivity index (χ0) is 41.6. The Kier molecular flexibility index (Phi) is 14.5. The van der Waals surface area contributed by atoms with Crippen LogP contribution in [0.2, 0.25) is 54.4 Å². The van der Waals surface area contributed by atoms with Gasteiger partial charge in [-0.1, -0.05) is 100 Å². The van der Waals surface area contributed by atoms with Crippen LogP contribution in [0.1, 0.15) is 128 Å². The molecule has 0 radical (unpaired) electrons. The van der Waals surface area contributed by atoms with Crippen molar-refractivity contribution in [2.45, 2.75) is 206 Å². The standard InChI is InChI=1S/C45H82F3NO3Si3/c1-17-55(18-2,19-3)52-44(45(46,47)48)27-28-49(32-44)31-33(4)38-24-25-39-35(21-20-26-43(38,39)12)22-23-36-29-37(50-53(13,14)41(6,7)8)30-40(34(36)5)51-54(15,16)42(9,10)11/h22-23,33,37-40H,5,17-21,24-32H2,1-4,6-16H3/b35-22+,36-23-/t33-,37?,38-,39+,40?,43-,44?/m1/s1. The molecule has 0 amide bonds. The molecule has 0 bridgehead atoms. The fourth-order valence-electron chi connectivity index (χ4n) is 10.3. The van der Waals surface area contributed by atoms with Crippen molar-refractivity contribution in [2.24, 2.45) is 23.2 Å². The highest BCUT2D eigenvalue weighted by Crippen LogP contribution is 2.60. The zero-order valence-electron chi connectivity index (χ0n) is 38.0. The van der Waals surface area contributed by atoms with Crippen LogP contribution in [0.5, 0.6) is 0 Å². The summed E-state index contributed by atoms with van der Waals surface area (Å²) in [6.45, 7) is 39.9. The Hall–Kier alpha value is -0.499. The second-order valence-corrected chi connectivity index (χ2v) is 35.9. The lowest BCUT2D eigenvalue weighted by molar-refractivity contribution is -0.247. The smallest absolute Gasteiger partial charge is 0.413 e. The molecule has 0 N–H and O–H groups in total. The van der Waals surface area contributed by atoms with Gasteiger partial charge in [0.05, 0.1) is 12.2 Å². The molecule has 4 rings (SSSR count). The normalized spacial score (nSPS) is 32.8. The summed E-state index contributed by atoms with van der Waals surface area (Å²) in [5.41, 5.74) is 2.06. The first kappa shape index (κ1) is 47.2. The number of rotatable bonds is 13. The van der Waals surface area contributed by atoms with Crippen molar-refractivity contribution in [3.8, 4) is 0 Å². The number of alkyl halides is 3. The Bertz CT molecular complexity index is 1400. The summed E-state index contributed by atoms with van der Waals surface area (Å²) >= 11 is 0. The summed E-state index contributed by atoms with van der Waals surface area (Å²) in [6.07, 6.45) is 8.05. The largest absolute Gasteiger partial charge is 0.417 e. The highest BCUT2D eigenvalue weighted by atomic mass is 28.4. The van der Waals surface area contributed by atoms with Crippen LogP contribution < -0.4 is 0 Å². The predicted octanol–water partition coefficient (Wildman–Crippen LogP) is 13.9. The van der Waals surface area contributed by atoms with Crippen molar-refractivity contribution >= 4 is 25.0 Å². The average molecular weight is 826 g/mol. The first-order valence-corrected chi connectivity index (χ1v) is 30.4. The number of fused-ring (bicyclic) bond motifs is 1. The molecule has 7 atom stereocenters. The van der Waals surface area contributed by atoms with Crippen LogP contribution in [0.25, 0.3) is 0 Å². The molecule has 3 aliphatic carbocycles. The molecule has 318 valence electrons. The minimum Gasteiger partial charge on any atom is -0.413 e. The summed E-state index contributed by atoms with van der Waals surface area (Å²) in [4.78, 5) is 2.10. The van der Waals surface area contributed by atoms with Gasteiger partial charge in [-0.3, -0.25) is 4.90 Å². The maximum atomic E-state index is 14.8. The fraction of sp³-hybridized carbons (Fsp3) is 0.867. The lowest BCUT2D eigenvalue weighted by Gasteiger charge is -2.46. The third-order valence-electron chi connectivity index (χ3n) is 16.2. The van der Waals surface area contributed by atoms with E-state index in [9.17, 15) is 13.2 Å². The minimum atomic E-state index is -4.36. The molecule has 10 heteroatoms. The molecule has 4 nitrogen and oxygen atoms in total. The van der Waals surface area contributed by atoms with Crippen LogP contribution in [0.15, 0.2) is 35.5 Å². The van der Waals surface area contributed by atoms with E-state index >= 15 is 0 Å². The van der Waals surface area contributed by atoms with Gasteiger partial charge in [0.1, 0.15) is 0 Å². The Morgan fingerprint density at radius 2 is 1.47 bits per heavy atom. The molecule has 1 aliphatic heterocycles. The fourth-order valence-corrected chi connectivity index (χ4v) is 16.0. The number of hydrogen-bond donors (Lipinski definition) is 0. The minimum absolute atomic E-state index is 0.0225. The quantitative estimate of drug-likeness (QED) is 0.173. The van der Waals surface area contributed by atoms with Gasteiger partial charge in [0.15, 0.2) is 30.6 Å². The van der Waals surface area contributed by atoms with E-state index in [0.29, 0.717) is 30.8 Å². The van der Waals surface area contributed by atoms with Crippen LogP contribution >= 0.6 is 0 Å². The molecule has 0 aromatic rings. The molecule has 1 heterocycles. The second kappa shape index (κ2) is 16.9. The van der Waals surface area contributed by atoms with E-state index in [1.807, 2.05) is 20.8 Å². The predicted molar refractivity (Wildman–Crippen MR) is 234 cm³/mol. The van der Waals surface area contributed by atoms with Gasteiger partial charge in [0.2, 0.25) is 0 Å². The SMILES string of the molecule is C=C1/C(=C\C=C2/CCC[C@]3(C)[C@@H]([C@H](C)CN4CCC(O[Si](CC)(CC)CC)(C(F)(F)F)C4)CC[C@@H]23)CC(O[Si](C)(C)C(C)(C)C)CC1O[Si](C)(C)C(C)(C)C. The van der Waals surface area contributed by atoms with Crippen LogP contribution in [-0.2, 0) is 13.3 Å². The van der Waals surface area contributed by atoms with Gasteiger partial charge >= 0.3 is 6.18 Å². The van der Waals surface area contributed by atoms with Crippen LogP contribution in [-0.4, -0.2) is 73.5 Å². The lowest BCUT2D eigenvalue weighted by Crippen LogP contribution is -2.57. The van der Waals surface area contributed by atoms with Crippen molar-refractivity contribution in [3.63, 3.8) is 0 Å². The van der Waals surface area contributed by atoms with Crippen LogP contribution in [0.4, 0.5) is 13.2 Å². The molecule has 3 unspecified atom stereocenters. The Balaban J connectivity index is 1.54. The third-order valence-corrected chi connectivity index (χ3v) is 29.9. The maximum Gasteiger partial charge on any atom is 0.417 e. The topological polar surface area (TPSA) is 30.9 Å². The molecule has 55 heavy (non-hydrogen) atoms. The van der Waals surface area contributed by atoms with Crippen molar-refractivity contribution < 1.29 is 26.4 Å². The summed E-state index contributed by atoms with van der Waals surface area (Å²) in [6, 6.07) is 2.19. The van der Waals surface area contributed by atoms with Crippen molar-refractivity contribution in [1.29, 1.82) is 0 Å². The molecule has 1 saturated heterocycles. The first-order chi connectivity index (χ1) is 25.1. The Morgan fingerprint density at radius 3 is 2.02 bits per heavy atom. The maximum absolute atomic E-state index is 14.8. The van der Waals surface area contributed by atoms with Crippen molar-refractivity contribution in [2.75, 3.05) is 19.6 Å². The number of allylic oxidation sites excluding steroid dienone is 3. The van der Waals surface area contributed by atoms with Crippen LogP contribution in [0, 0.1) is 23.2 Å². The Morgan fingerprint density at radius 1 is 0.891 bits per heavy atom. The summed E-state index contributed by atoms with van der Waals surface area (Å²) in [5.74, 6) is 1.31. The molecular weight excluding hydrogens is 744 g/mol. The molecule has 4 aliphatic rings. The van der Waals surface area contributed by atoms with Crippen molar-refractivity contribution in [3.05, 3.63) is 35.5 Å². The van der Waals surface area contributed by atoms with Gasteiger partial charge in [-0.25, -0.2) is 0 Å². The number of halogens is 3. The Labute approximate surface area is 339 Å². The summed E-state index contributed by atoms with van der Waals surface area (Å²) in [7, 11) is -6.49. The lowest BCUT2D eigenvalue weighted by atomic mass is 9.61. The second-order valence-electron chi connectivity index (χ2n) is 21.7. The number of likely N-dealkylation sites (tertiary alicyclic amines) is 1. The van der Waals surface area contributed by atoms with Gasteiger partial charge in [0.25, 0.3) is 0 Å². The number of hydrogen-bond acceptors (Lipinski definition) is 4. The van der Waals surface area contributed by atoms with Gasteiger partial charge in [-0.05, 0) is 134 Å². The van der Waals surface area contributed by atoms with E-state index in [0.717, 1.165) is 62.2 Å². The molecular formula is C45H82F3NO3Si3. The summed E-state index contributed by atoms with van der Waals surface area (Å²) < 4.78 is 65.1. The average Bonchev–Trinajstić information content (AvgIpc) is 3.64. The monoisotopic (exact) mass is 826 g/mol. The molecule has 0 aromatic heterocycles. The van der Waals surface area contributed by atoms with Crippen molar-refractivity contribution in [1.82, 2.24) is 4.90 Å². The van der Waals surface area contributed by atoms with E-state index in [1.54, 1.807) is 5.57 Å². The van der Waals surface area contributed by atoms with E-state index in [4.69, 9.17) is 13.3 Å². The zero-order valence-corrected chi connectivity index (χ0v) is 41.0. The van der Waals surface area contributed by atoms with Gasteiger partial charge < -0.3 is 13.3 Å². The molecule has 3 saturated carbocycles. The molecule has 0 aromatic carbocycles. The van der Waals surface area contributed by atoms with E-state index < -0.39 is 36.7 Å². The van der Waals surface area contributed by atoms with Crippen LogP contribution in [0.3, 0.4) is 0 Å². The van der Waals surface area contributed by atoms with E-state index in [1.165, 1.54) is 12.0 Å². The van der Waals surface area contributed by atoms with Gasteiger partial charge in [-0.15, -0.1) is 0 Å². The van der Waals surface area contributed by atoms with Gasteiger partial charge in [-0.2, -0.15) is 13.2 Å². The third kappa shape index (κ3) is 9.94. The number of nitrogens with zero attached hydrogens (tertiary/aromatic N) is 1. The highest BCUT2D eigenvalue weighted by molar-refractivity contribution is 6.74. The molecule has 0 spiro atoms. The first-order valence-electron chi connectivity index (χ1n) is 22.0.